The molecule has 5 nitrogen and oxygen atoms in total. The number of aromatic amines is 1. The number of aryl methyl sites for hydroxylation is 1. The molecule has 2 aliphatic heterocycles. The lowest BCUT2D eigenvalue weighted by molar-refractivity contribution is -0.00858. The summed E-state index contributed by atoms with van der Waals surface area (Å²) in [5.74, 6) is -0.638. The van der Waals surface area contributed by atoms with Gasteiger partial charge < -0.3 is 10.3 Å². The maximum Gasteiger partial charge on any atom is 0.182 e. The Hall–Kier alpha value is -2.36. The summed E-state index contributed by atoms with van der Waals surface area (Å²) in [6, 6.07) is 8.77. The van der Waals surface area contributed by atoms with Gasteiger partial charge in [0.15, 0.2) is 5.75 Å². The van der Waals surface area contributed by atoms with E-state index < -0.39 is 11.9 Å². The Morgan fingerprint density at radius 2 is 2.06 bits per heavy atom. The average molecular weight is 491 g/mol. The summed E-state index contributed by atoms with van der Waals surface area (Å²) in [5.41, 5.74) is 4.83. The fraction of sp³-hybridized carbons (Fsp3) is 0.440. The van der Waals surface area contributed by atoms with Gasteiger partial charge in [-0.1, -0.05) is 23.6 Å². The normalized spacial score (nSPS) is 19.3. The van der Waals surface area contributed by atoms with E-state index in [1.807, 2.05) is 18.4 Å². The van der Waals surface area contributed by atoms with Crippen molar-refractivity contribution in [3.63, 3.8) is 0 Å². The van der Waals surface area contributed by atoms with Crippen molar-refractivity contribution in [2.75, 3.05) is 44.4 Å². The molecule has 182 valence electrons. The maximum atomic E-state index is 15.6. The number of alkyl halides is 1. The highest BCUT2D eigenvalue weighted by atomic mass is 32.2. The number of nitrogens with one attached hydrogen (secondary N) is 2. The van der Waals surface area contributed by atoms with E-state index in [4.69, 9.17) is 0 Å². The van der Waals surface area contributed by atoms with Crippen molar-refractivity contribution in [3.05, 3.63) is 58.5 Å². The number of anilines is 1. The number of benzene rings is 2. The van der Waals surface area contributed by atoms with E-state index in [0.29, 0.717) is 25.2 Å². The highest BCUT2D eigenvalue weighted by Gasteiger charge is 2.36. The number of likely N-dealkylation sites (tertiary alicyclic amines) is 1. The molecule has 0 saturated carbocycles. The lowest BCUT2D eigenvalue weighted by Crippen LogP contribution is -2.54. The SMILES string of the molecule is CSN1CCc2c([nH]c3ccc(C)cc23)C1c1c(F)cc(NC2CN(CCCF)C2)cc1OF. The zero-order chi connectivity index (χ0) is 23.8. The molecule has 2 aliphatic rings. The minimum atomic E-state index is -0.516. The van der Waals surface area contributed by atoms with Crippen molar-refractivity contribution in [1.82, 2.24) is 14.2 Å². The van der Waals surface area contributed by atoms with Gasteiger partial charge in [0, 0.05) is 59.1 Å². The van der Waals surface area contributed by atoms with E-state index in [0.717, 1.165) is 47.2 Å². The van der Waals surface area contributed by atoms with Crippen LogP contribution >= 0.6 is 11.9 Å². The summed E-state index contributed by atoms with van der Waals surface area (Å²) in [6.45, 7) is 4.63. The van der Waals surface area contributed by atoms with Crippen LogP contribution in [0.2, 0.25) is 0 Å². The highest BCUT2D eigenvalue weighted by molar-refractivity contribution is 7.96. The number of fused-ring (bicyclic) bond motifs is 3. The van der Waals surface area contributed by atoms with E-state index in [9.17, 15) is 8.92 Å². The fourth-order valence-electron chi connectivity index (χ4n) is 5.23. The monoisotopic (exact) mass is 490 g/mol. The van der Waals surface area contributed by atoms with E-state index in [1.165, 1.54) is 24.1 Å². The predicted octanol–water partition coefficient (Wildman–Crippen LogP) is 5.56. The van der Waals surface area contributed by atoms with Gasteiger partial charge in [-0.2, -0.15) is 0 Å². The van der Waals surface area contributed by atoms with Gasteiger partial charge in [-0.15, -0.1) is 0 Å². The molecule has 0 spiro atoms. The largest absolute Gasteiger partial charge is 0.380 e. The molecule has 1 fully saturated rings. The lowest BCUT2D eigenvalue weighted by Gasteiger charge is -2.40. The number of hydrogen-bond acceptors (Lipinski definition) is 5. The Balaban J connectivity index is 1.47. The third-order valence-corrected chi connectivity index (χ3v) is 7.72. The number of hydrogen-bond donors (Lipinski definition) is 2. The first kappa shape index (κ1) is 23.4. The van der Waals surface area contributed by atoms with Crippen LogP contribution in [0.25, 0.3) is 10.9 Å². The molecule has 0 bridgehead atoms. The average Bonchev–Trinajstić information content (AvgIpc) is 3.17. The number of H-pyrrole nitrogens is 1. The summed E-state index contributed by atoms with van der Waals surface area (Å²) < 4.78 is 43.9. The Bertz CT molecular complexity index is 1180. The Morgan fingerprint density at radius 1 is 1.24 bits per heavy atom. The predicted molar refractivity (Wildman–Crippen MR) is 131 cm³/mol. The van der Waals surface area contributed by atoms with Crippen LogP contribution in [0.1, 0.15) is 34.8 Å². The third-order valence-electron chi connectivity index (χ3n) is 6.86. The second-order valence-electron chi connectivity index (χ2n) is 9.13. The lowest BCUT2D eigenvalue weighted by atomic mass is 9.92. The topological polar surface area (TPSA) is 43.5 Å². The van der Waals surface area contributed by atoms with E-state index in [1.54, 1.807) is 0 Å². The molecule has 1 saturated heterocycles. The van der Waals surface area contributed by atoms with Crippen molar-refractivity contribution in [1.29, 1.82) is 0 Å². The van der Waals surface area contributed by atoms with E-state index in [-0.39, 0.29) is 24.0 Å². The first-order chi connectivity index (χ1) is 16.5. The van der Waals surface area contributed by atoms with Gasteiger partial charge in [0.05, 0.1) is 24.3 Å². The molecule has 9 heteroatoms. The molecule has 2 aromatic carbocycles. The Kier molecular flexibility index (Phi) is 6.68. The zero-order valence-corrected chi connectivity index (χ0v) is 20.2. The summed E-state index contributed by atoms with van der Waals surface area (Å²) in [4.78, 5) is 9.85. The van der Waals surface area contributed by atoms with Crippen molar-refractivity contribution in [2.24, 2.45) is 0 Å². The standard InChI is InChI=1S/C25H29F3N4OS/c1-15-4-5-21-19(10-15)18-6-9-32(34-2)25(24(18)30-21)23-20(27)11-16(12-22(23)33-28)29-17-13-31(14-17)8-3-7-26/h4-5,10-12,17,25,29-30H,3,6-9,13-14H2,1-2H3. The molecular formula is C25H29F3N4OS. The number of halogens is 3. The minimum absolute atomic E-state index is 0.109. The molecule has 3 aromatic rings. The quantitative estimate of drug-likeness (QED) is 0.405. The summed E-state index contributed by atoms with van der Waals surface area (Å²) >= 11 is 1.51. The molecule has 3 heterocycles. The molecule has 1 unspecified atom stereocenters. The van der Waals surface area contributed by atoms with Crippen LogP contribution in [0.15, 0.2) is 30.3 Å². The second kappa shape index (κ2) is 9.71. The van der Waals surface area contributed by atoms with Gasteiger partial charge in [-0.3, -0.25) is 14.2 Å². The van der Waals surface area contributed by atoms with Crippen molar-refractivity contribution in [2.45, 2.75) is 31.8 Å². The van der Waals surface area contributed by atoms with Gasteiger partial charge in [-0.05, 0) is 49.8 Å². The van der Waals surface area contributed by atoms with Crippen LogP contribution in [0.4, 0.5) is 19.0 Å². The van der Waals surface area contributed by atoms with Crippen LogP contribution in [0.3, 0.4) is 0 Å². The van der Waals surface area contributed by atoms with Gasteiger partial charge >= 0.3 is 0 Å². The smallest absolute Gasteiger partial charge is 0.182 e. The van der Waals surface area contributed by atoms with Gasteiger partial charge in [-0.25, -0.2) is 8.70 Å². The maximum absolute atomic E-state index is 15.6. The molecule has 0 aliphatic carbocycles. The Morgan fingerprint density at radius 3 is 2.79 bits per heavy atom. The summed E-state index contributed by atoms with van der Waals surface area (Å²) in [7, 11) is 0. The molecule has 5 rings (SSSR count). The van der Waals surface area contributed by atoms with Gasteiger partial charge in [0.2, 0.25) is 0 Å². The van der Waals surface area contributed by atoms with Crippen molar-refractivity contribution < 1.29 is 18.2 Å². The first-order valence-electron chi connectivity index (χ1n) is 11.6. The Labute approximate surface area is 201 Å². The highest BCUT2D eigenvalue weighted by Crippen LogP contribution is 2.45. The first-order valence-corrected chi connectivity index (χ1v) is 12.8. The van der Waals surface area contributed by atoms with E-state index >= 15 is 4.39 Å². The van der Waals surface area contributed by atoms with Crippen molar-refractivity contribution >= 4 is 28.5 Å². The zero-order valence-electron chi connectivity index (χ0n) is 19.3. The van der Waals surface area contributed by atoms with Gasteiger partial charge in [0.25, 0.3) is 0 Å². The van der Waals surface area contributed by atoms with Crippen LogP contribution in [-0.4, -0.2) is 59.3 Å². The van der Waals surface area contributed by atoms with Crippen LogP contribution in [0.5, 0.6) is 5.75 Å². The minimum Gasteiger partial charge on any atom is -0.380 e. The van der Waals surface area contributed by atoms with Crippen molar-refractivity contribution in [3.8, 4) is 5.75 Å². The van der Waals surface area contributed by atoms with Gasteiger partial charge in [0.1, 0.15) is 5.82 Å². The third kappa shape index (κ3) is 4.25. The molecular weight excluding hydrogens is 461 g/mol. The molecule has 34 heavy (non-hydrogen) atoms. The fourth-order valence-corrected chi connectivity index (χ4v) is 5.93. The summed E-state index contributed by atoms with van der Waals surface area (Å²) in [6.07, 6.45) is 3.28. The second-order valence-corrected chi connectivity index (χ2v) is 9.97. The summed E-state index contributed by atoms with van der Waals surface area (Å²) in [5, 5.41) is 4.38. The molecule has 1 atom stereocenters. The van der Waals surface area contributed by atoms with Crippen LogP contribution < -0.4 is 10.3 Å². The number of rotatable bonds is 8. The molecule has 0 radical (unpaired) electrons. The molecule has 1 aromatic heterocycles. The van der Waals surface area contributed by atoms with E-state index in [2.05, 4.69) is 37.4 Å². The molecule has 2 N–H and O–H groups in total. The number of nitrogens with zero attached hydrogens (tertiary/aromatic N) is 2. The van der Waals surface area contributed by atoms with Crippen LogP contribution in [0, 0.1) is 12.7 Å². The number of aromatic nitrogens is 1. The molecule has 0 amide bonds. The van der Waals surface area contributed by atoms with Crippen LogP contribution in [-0.2, 0) is 6.42 Å².